The minimum absolute atomic E-state index is 0.0117. The molecule has 0 spiro atoms. The number of nitrogens with zero attached hydrogens (tertiary/aromatic N) is 2. The van der Waals surface area contributed by atoms with Gasteiger partial charge in [-0.2, -0.15) is 0 Å². The summed E-state index contributed by atoms with van der Waals surface area (Å²) >= 11 is 0. The number of anilines is 1. The number of hydrogen-bond donors (Lipinski definition) is 2. The third kappa shape index (κ3) is 5.44. The Balaban J connectivity index is 1.83. The van der Waals surface area contributed by atoms with Gasteiger partial charge in [-0.3, -0.25) is 15.1 Å². The van der Waals surface area contributed by atoms with Crippen molar-refractivity contribution in [3.05, 3.63) is 94.8 Å². The number of aliphatic imine (C=N–C) groups is 1. The second-order valence-electron chi connectivity index (χ2n) is 6.53. The minimum atomic E-state index is -1.09. The zero-order chi connectivity index (χ0) is 20.8. The summed E-state index contributed by atoms with van der Waals surface area (Å²) in [5, 5.41) is 5.71. The van der Waals surface area contributed by atoms with E-state index in [4.69, 9.17) is 0 Å². The van der Waals surface area contributed by atoms with Crippen LogP contribution in [-0.4, -0.2) is 16.9 Å². The fraction of sp³-hybridized carbons (Fsp3) is 0.136. The highest BCUT2D eigenvalue weighted by atomic mass is 19.2. The van der Waals surface area contributed by atoms with Crippen LogP contribution in [0.4, 0.5) is 14.5 Å². The van der Waals surface area contributed by atoms with Gasteiger partial charge in [0, 0.05) is 23.6 Å². The maximum absolute atomic E-state index is 13.5. The molecular weight excluding hydrogens is 374 g/mol. The Morgan fingerprint density at radius 2 is 1.72 bits per heavy atom. The van der Waals surface area contributed by atoms with E-state index >= 15 is 0 Å². The molecule has 148 valence electrons. The molecule has 29 heavy (non-hydrogen) atoms. The molecule has 1 heterocycles. The summed E-state index contributed by atoms with van der Waals surface area (Å²) in [6.45, 7) is 4.28. The molecule has 0 saturated heterocycles. The lowest BCUT2D eigenvalue weighted by Gasteiger charge is -2.13. The third-order valence-electron chi connectivity index (χ3n) is 4.35. The first-order valence-electron chi connectivity index (χ1n) is 8.96. The van der Waals surface area contributed by atoms with Crippen LogP contribution in [0.15, 0.2) is 65.9 Å². The third-order valence-corrected chi connectivity index (χ3v) is 4.35. The first-order valence-corrected chi connectivity index (χ1v) is 8.96. The summed E-state index contributed by atoms with van der Waals surface area (Å²) in [7, 11) is 0. The molecule has 0 aliphatic carbocycles. The fourth-order valence-electron chi connectivity index (χ4n) is 2.54. The molecule has 0 fully saturated rings. The average Bonchev–Trinajstić information content (AvgIpc) is 2.71. The highest BCUT2D eigenvalue weighted by Crippen LogP contribution is 2.14. The monoisotopic (exact) mass is 394 g/mol. The molecule has 0 unspecified atom stereocenters. The quantitative estimate of drug-likeness (QED) is 0.510. The van der Waals surface area contributed by atoms with Crippen LogP contribution < -0.4 is 10.6 Å². The highest BCUT2D eigenvalue weighted by Gasteiger charge is 2.12. The van der Waals surface area contributed by atoms with Gasteiger partial charge in [0.2, 0.25) is 5.96 Å². The SMILES string of the molecule is Cc1ccc(NC(=NCc2ccncc2)NC(=O)c2ccc(F)c(F)c2)cc1C. The summed E-state index contributed by atoms with van der Waals surface area (Å²) in [5.41, 5.74) is 3.85. The van der Waals surface area contributed by atoms with E-state index in [2.05, 4.69) is 20.6 Å². The molecule has 0 radical (unpaired) electrons. The van der Waals surface area contributed by atoms with Crippen molar-refractivity contribution in [2.45, 2.75) is 20.4 Å². The normalized spacial score (nSPS) is 11.2. The van der Waals surface area contributed by atoms with Gasteiger partial charge in [-0.05, 0) is 73.0 Å². The van der Waals surface area contributed by atoms with Crippen molar-refractivity contribution in [1.82, 2.24) is 10.3 Å². The molecule has 5 nitrogen and oxygen atoms in total. The van der Waals surface area contributed by atoms with E-state index in [-0.39, 0.29) is 11.5 Å². The van der Waals surface area contributed by atoms with E-state index in [1.54, 1.807) is 12.4 Å². The van der Waals surface area contributed by atoms with Crippen LogP contribution in [0.3, 0.4) is 0 Å². The van der Waals surface area contributed by atoms with Crippen molar-refractivity contribution >= 4 is 17.6 Å². The van der Waals surface area contributed by atoms with Gasteiger partial charge in [-0.15, -0.1) is 0 Å². The van der Waals surface area contributed by atoms with Crippen molar-refractivity contribution in [2.24, 2.45) is 4.99 Å². The summed E-state index contributed by atoms with van der Waals surface area (Å²) in [4.78, 5) is 20.9. The van der Waals surface area contributed by atoms with Crippen molar-refractivity contribution < 1.29 is 13.6 Å². The molecule has 3 rings (SSSR count). The van der Waals surface area contributed by atoms with Crippen LogP contribution in [0.1, 0.15) is 27.0 Å². The van der Waals surface area contributed by atoms with Crippen molar-refractivity contribution in [3.8, 4) is 0 Å². The Kier molecular flexibility index (Phi) is 6.29. The van der Waals surface area contributed by atoms with Gasteiger partial charge in [0.25, 0.3) is 5.91 Å². The Bertz CT molecular complexity index is 1050. The van der Waals surface area contributed by atoms with E-state index in [1.807, 2.05) is 44.2 Å². The van der Waals surface area contributed by atoms with Crippen LogP contribution in [0, 0.1) is 25.5 Å². The lowest BCUT2D eigenvalue weighted by atomic mass is 10.1. The zero-order valence-corrected chi connectivity index (χ0v) is 16.0. The second kappa shape index (κ2) is 9.05. The number of rotatable bonds is 4. The minimum Gasteiger partial charge on any atom is -0.326 e. The summed E-state index contributed by atoms with van der Waals surface area (Å²) in [5.74, 6) is -2.51. The van der Waals surface area contributed by atoms with E-state index in [1.165, 1.54) is 6.07 Å². The number of benzene rings is 2. The Morgan fingerprint density at radius 1 is 0.966 bits per heavy atom. The first-order chi connectivity index (χ1) is 13.9. The number of nitrogens with one attached hydrogen (secondary N) is 2. The standard InChI is InChI=1S/C22H20F2N4O/c1-14-3-5-18(11-15(14)2)27-22(26-13-16-7-9-25-10-8-16)28-21(29)17-4-6-19(23)20(24)12-17/h3-12H,13H2,1-2H3,(H2,26,27,28,29). The molecular formula is C22H20F2N4O. The van der Waals surface area contributed by atoms with Gasteiger partial charge in [0.1, 0.15) is 0 Å². The molecule has 2 aromatic carbocycles. The van der Waals surface area contributed by atoms with Crippen molar-refractivity contribution in [3.63, 3.8) is 0 Å². The van der Waals surface area contributed by atoms with E-state index < -0.39 is 17.5 Å². The van der Waals surface area contributed by atoms with Gasteiger partial charge >= 0.3 is 0 Å². The number of amides is 1. The molecule has 0 aliphatic rings. The number of hydrogen-bond acceptors (Lipinski definition) is 3. The smallest absolute Gasteiger partial charge is 0.258 e. The van der Waals surface area contributed by atoms with Crippen LogP contribution in [0.2, 0.25) is 0 Å². The van der Waals surface area contributed by atoms with Crippen molar-refractivity contribution in [1.29, 1.82) is 0 Å². The molecule has 0 aliphatic heterocycles. The fourth-order valence-corrected chi connectivity index (χ4v) is 2.54. The Labute approximate surface area is 167 Å². The maximum atomic E-state index is 13.5. The number of carbonyl (C=O) groups is 1. The van der Waals surface area contributed by atoms with E-state index in [9.17, 15) is 13.6 Å². The molecule has 1 amide bonds. The summed E-state index contributed by atoms with van der Waals surface area (Å²) in [6, 6.07) is 12.4. The van der Waals surface area contributed by atoms with Crippen LogP contribution in [0.25, 0.3) is 0 Å². The van der Waals surface area contributed by atoms with E-state index in [0.29, 0.717) is 6.54 Å². The average molecular weight is 394 g/mol. The molecule has 2 N–H and O–H groups in total. The van der Waals surface area contributed by atoms with Crippen LogP contribution in [0.5, 0.6) is 0 Å². The highest BCUT2D eigenvalue weighted by molar-refractivity contribution is 6.10. The van der Waals surface area contributed by atoms with Crippen molar-refractivity contribution in [2.75, 3.05) is 5.32 Å². The number of aryl methyl sites for hydroxylation is 2. The van der Waals surface area contributed by atoms with Gasteiger partial charge in [0.15, 0.2) is 11.6 Å². The molecule has 3 aromatic rings. The largest absolute Gasteiger partial charge is 0.326 e. The molecule has 0 saturated carbocycles. The summed E-state index contributed by atoms with van der Waals surface area (Å²) < 4.78 is 26.6. The predicted molar refractivity (Wildman–Crippen MR) is 109 cm³/mol. The molecule has 0 bridgehead atoms. The zero-order valence-electron chi connectivity index (χ0n) is 16.0. The van der Waals surface area contributed by atoms with Gasteiger partial charge in [-0.25, -0.2) is 13.8 Å². The van der Waals surface area contributed by atoms with Gasteiger partial charge in [-0.1, -0.05) is 6.07 Å². The number of pyridine rings is 1. The van der Waals surface area contributed by atoms with Crippen LogP contribution in [-0.2, 0) is 6.54 Å². The van der Waals surface area contributed by atoms with E-state index in [0.717, 1.165) is 34.5 Å². The second-order valence-corrected chi connectivity index (χ2v) is 6.53. The Hall–Kier alpha value is -3.61. The predicted octanol–water partition coefficient (Wildman–Crippen LogP) is 4.37. The number of carbonyl (C=O) groups excluding carboxylic acids is 1. The summed E-state index contributed by atoms with van der Waals surface area (Å²) in [6.07, 6.45) is 3.31. The van der Waals surface area contributed by atoms with Gasteiger partial charge in [0.05, 0.1) is 6.54 Å². The number of aromatic nitrogens is 1. The lowest BCUT2D eigenvalue weighted by Crippen LogP contribution is -2.36. The first kappa shape index (κ1) is 20.1. The number of halogens is 2. The van der Waals surface area contributed by atoms with Gasteiger partial charge < -0.3 is 5.32 Å². The molecule has 0 atom stereocenters. The maximum Gasteiger partial charge on any atom is 0.258 e. The Morgan fingerprint density at radius 3 is 2.41 bits per heavy atom. The lowest BCUT2D eigenvalue weighted by molar-refractivity contribution is 0.0976. The number of guanidine groups is 1. The molecule has 1 aromatic heterocycles. The molecule has 7 heteroatoms. The topological polar surface area (TPSA) is 66.4 Å². The van der Waals surface area contributed by atoms with Crippen LogP contribution >= 0.6 is 0 Å².